The minimum atomic E-state index is 0.424. The molecule has 4 nitrogen and oxygen atoms in total. The lowest BCUT2D eigenvalue weighted by molar-refractivity contribution is 0.809. The van der Waals surface area contributed by atoms with Gasteiger partial charge < -0.3 is 10.6 Å². The third-order valence-electron chi connectivity index (χ3n) is 3.90. The summed E-state index contributed by atoms with van der Waals surface area (Å²) >= 11 is 0. The number of nitrogens with two attached hydrogens (primary N) is 1. The van der Waals surface area contributed by atoms with E-state index < -0.39 is 0 Å². The van der Waals surface area contributed by atoms with Gasteiger partial charge in [-0.15, -0.1) is 0 Å². The summed E-state index contributed by atoms with van der Waals surface area (Å²) < 4.78 is 0. The van der Waals surface area contributed by atoms with Gasteiger partial charge in [0.2, 0.25) is 5.95 Å². The lowest BCUT2D eigenvalue weighted by Crippen LogP contribution is -2.25. The van der Waals surface area contributed by atoms with Crippen LogP contribution in [0.2, 0.25) is 0 Å². The van der Waals surface area contributed by atoms with E-state index in [1.165, 1.54) is 5.56 Å². The first kappa shape index (κ1) is 16.4. The molecule has 1 heterocycles. The van der Waals surface area contributed by atoms with Crippen molar-refractivity contribution in [1.82, 2.24) is 9.97 Å². The molecule has 2 N–H and O–H groups in total. The van der Waals surface area contributed by atoms with E-state index in [-0.39, 0.29) is 0 Å². The van der Waals surface area contributed by atoms with Crippen molar-refractivity contribution in [3.63, 3.8) is 0 Å². The zero-order valence-electron chi connectivity index (χ0n) is 14.0. The average Bonchev–Trinajstić information content (AvgIpc) is 2.55. The highest BCUT2D eigenvalue weighted by Crippen LogP contribution is 2.23. The van der Waals surface area contributed by atoms with Crippen LogP contribution in [0, 0.1) is 0 Å². The van der Waals surface area contributed by atoms with Gasteiger partial charge in [0, 0.05) is 25.2 Å². The molecular weight excluding hydrogens is 272 g/mol. The number of rotatable bonds is 6. The van der Waals surface area contributed by atoms with E-state index in [1.807, 2.05) is 6.07 Å². The summed E-state index contributed by atoms with van der Waals surface area (Å²) in [7, 11) is 0. The third kappa shape index (κ3) is 3.63. The molecule has 0 saturated carbocycles. The first-order chi connectivity index (χ1) is 10.6. The molecule has 0 saturated heterocycles. The van der Waals surface area contributed by atoms with E-state index in [2.05, 4.69) is 61.8 Å². The standard InChI is InChI=1S/C18H26N4/c1-5-22(6-2)18-20-16(12-19)11-17(21-18)15-9-7-14(8-10-15)13(3)4/h7-11,13H,5-6,12,19H2,1-4H3. The summed E-state index contributed by atoms with van der Waals surface area (Å²) in [6.45, 7) is 10.8. The molecule has 22 heavy (non-hydrogen) atoms. The SMILES string of the molecule is CCN(CC)c1nc(CN)cc(-c2ccc(C(C)C)cc2)n1. The highest BCUT2D eigenvalue weighted by Gasteiger charge is 2.11. The molecule has 0 atom stereocenters. The monoisotopic (exact) mass is 298 g/mol. The van der Waals surface area contributed by atoms with E-state index in [1.54, 1.807) is 0 Å². The molecule has 1 aromatic heterocycles. The largest absolute Gasteiger partial charge is 0.341 e. The van der Waals surface area contributed by atoms with Crippen LogP contribution in [-0.2, 0) is 6.54 Å². The summed E-state index contributed by atoms with van der Waals surface area (Å²) in [4.78, 5) is 11.4. The average molecular weight is 298 g/mol. The molecule has 0 unspecified atom stereocenters. The first-order valence-electron chi connectivity index (χ1n) is 8.02. The molecule has 0 aliphatic heterocycles. The van der Waals surface area contributed by atoms with E-state index in [0.29, 0.717) is 12.5 Å². The molecule has 1 aromatic carbocycles. The lowest BCUT2D eigenvalue weighted by atomic mass is 10.0. The van der Waals surface area contributed by atoms with Crippen molar-refractivity contribution < 1.29 is 0 Å². The fourth-order valence-electron chi connectivity index (χ4n) is 2.42. The van der Waals surface area contributed by atoms with Crippen molar-refractivity contribution >= 4 is 5.95 Å². The van der Waals surface area contributed by atoms with E-state index in [4.69, 9.17) is 10.7 Å². The van der Waals surface area contributed by atoms with E-state index >= 15 is 0 Å². The maximum Gasteiger partial charge on any atom is 0.226 e. The number of aromatic nitrogens is 2. The van der Waals surface area contributed by atoms with Gasteiger partial charge in [0.15, 0.2) is 0 Å². The van der Waals surface area contributed by atoms with Crippen molar-refractivity contribution in [2.24, 2.45) is 5.73 Å². The fourth-order valence-corrected chi connectivity index (χ4v) is 2.42. The molecule has 0 fully saturated rings. The van der Waals surface area contributed by atoms with Gasteiger partial charge in [-0.1, -0.05) is 38.1 Å². The molecule has 2 rings (SSSR count). The van der Waals surface area contributed by atoms with Crippen LogP contribution in [0.5, 0.6) is 0 Å². The molecule has 0 aliphatic rings. The van der Waals surface area contributed by atoms with Crippen LogP contribution in [0.1, 0.15) is 44.9 Å². The molecule has 0 radical (unpaired) electrons. The summed E-state index contributed by atoms with van der Waals surface area (Å²) in [5, 5.41) is 0. The quantitative estimate of drug-likeness (QED) is 0.885. The van der Waals surface area contributed by atoms with Crippen molar-refractivity contribution in [2.75, 3.05) is 18.0 Å². The van der Waals surface area contributed by atoms with E-state index in [9.17, 15) is 0 Å². The Bertz CT molecular complexity index is 601. The predicted octanol–water partition coefficient (Wildman–Crippen LogP) is 3.57. The second-order valence-electron chi connectivity index (χ2n) is 5.70. The summed E-state index contributed by atoms with van der Waals surface area (Å²) in [6.07, 6.45) is 0. The molecule has 0 aliphatic carbocycles. The van der Waals surface area contributed by atoms with Crippen LogP contribution >= 0.6 is 0 Å². The smallest absolute Gasteiger partial charge is 0.226 e. The van der Waals surface area contributed by atoms with Crippen LogP contribution in [0.25, 0.3) is 11.3 Å². The normalized spacial score (nSPS) is 11.0. The second-order valence-corrected chi connectivity index (χ2v) is 5.70. The summed E-state index contributed by atoms with van der Waals surface area (Å²) in [6, 6.07) is 10.6. The van der Waals surface area contributed by atoms with Gasteiger partial charge in [-0.05, 0) is 31.4 Å². The highest BCUT2D eigenvalue weighted by molar-refractivity contribution is 5.61. The lowest BCUT2D eigenvalue weighted by Gasteiger charge is -2.20. The van der Waals surface area contributed by atoms with Crippen LogP contribution in [-0.4, -0.2) is 23.1 Å². The van der Waals surface area contributed by atoms with Gasteiger partial charge in [0.25, 0.3) is 0 Å². The molecule has 2 aromatic rings. The molecule has 0 spiro atoms. The predicted molar refractivity (Wildman–Crippen MR) is 93.0 cm³/mol. The fraction of sp³-hybridized carbons (Fsp3) is 0.444. The Kier molecular flexibility index (Phi) is 5.50. The van der Waals surface area contributed by atoms with Crippen molar-refractivity contribution in [2.45, 2.75) is 40.2 Å². The van der Waals surface area contributed by atoms with Crippen LogP contribution in [0.15, 0.2) is 30.3 Å². The van der Waals surface area contributed by atoms with Gasteiger partial charge in [-0.2, -0.15) is 0 Å². The number of hydrogen-bond donors (Lipinski definition) is 1. The van der Waals surface area contributed by atoms with Crippen LogP contribution in [0.4, 0.5) is 5.95 Å². The number of hydrogen-bond acceptors (Lipinski definition) is 4. The Hall–Kier alpha value is -1.94. The van der Waals surface area contributed by atoms with Gasteiger partial charge in [-0.3, -0.25) is 0 Å². The maximum atomic E-state index is 5.80. The second kappa shape index (κ2) is 7.36. The zero-order chi connectivity index (χ0) is 16.1. The van der Waals surface area contributed by atoms with Crippen molar-refractivity contribution in [1.29, 1.82) is 0 Å². The minimum Gasteiger partial charge on any atom is -0.341 e. The molecule has 0 amide bonds. The molecule has 118 valence electrons. The summed E-state index contributed by atoms with van der Waals surface area (Å²) in [5.74, 6) is 1.29. The number of anilines is 1. The number of nitrogens with zero attached hydrogens (tertiary/aromatic N) is 3. The zero-order valence-corrected chi connectivity index (χ0v) is 14.0. The Morgan fingerprint density at radius 1 is 1.05 bits per heavy atom. The number of benzene rings is 1. The van der Waals surface area contributed by atoms with E-state index in [0.717, 1.165) is 36.0 Å². The van der Waals surface area contributed by atoms with Gasteiger partial charge >= 0.3 is 0 Å². The maximum absolute atomic E-state index is 5.80. The third-order valence-corrected chi connectivity index (χ3v) is 3.90. The van der Waals surface area contributed by atoms with Gasteiger partial charge in [-0.25, -0.2) is 9.97 Å². The Morgan fingerprint density at radius 2 is 1.68 bits per heavy atom. The van der Waals surface area contributed by atoms with Crippen LogP contribution < -0.4 is 10.6 Å². The first-order valence-corrected chi connectivity index (χ1v) is 8.02. The molecule has 4 heteroatoms. The summed E-state index contributed by atoms with van der Waals surface area (Å²) in [5.41, 5.74) is 10.1. The Morgan fingerprint density at radius 3 is 2.18 bits per heavy atom. The van der Waals surface area contributed by atoms with Gasteiger partial charge in [0.1, 0.15) is 0 Å². The Balaban J connectivity index is 2.43. The Labute approximate surface area is 133 Å². The highest BCUT2D eigenvalue weighted by atomic mass is 15.2. The van der Waals surface area contributed by atoms with Gasteiger partial charge in [0.05, 0.1) is 11.4 Å². The molecule has 0 bridgehead atoms. The van der Waals surface area contributed by atoms with Crippen molar-refractivity contribution in [3.8, 4) is 11.3 Å². The van der Waals surface area contributed by atoms with Crippen LogP contribution in [0.3, 0.4) is 0 Å². The molecular formula is C18H26N4. The minimum absolute atomic E-state index is 0.424. The van der Waals surface area contributed by atoms with Crippen molar-refractivity contribution in [3.05, 3.63) is 41.6 Å². The topological polar surface area (TPSA) is 55.0 Å².